The van der Waals surface area contributed by atoms with E-state index >= 15 is 0 Å². The number of benzene rings is 1. The average molecular weight is 367 g/mol. The number of carbonyl (C=O) groups is 2. The van der Waals surface area contributed by atoms with Crippen LogP contribution in [0.1, 0.15) is 46.5 Å². The maximum atomic E-state index is 12.7. The number of hydrogen-bond donors (Lipinski definition) is 1. The molecule has 27 heavy (non-hydrogen) atoms. The first kappa shape index (κ1) is 17.3. The summed E-state index contributed by atoms with van der Waals surface area (Å²) in [6.07, 6.45) is 5.82. The summed E-state index contributed by atoms with van der Waals surface area (Å²) in [6, 6.07) is 8.36. The molecule has 2 aliphatic rings. The molecule has 7 heteroatoms. The monoisotopic (exact) mass is 367 g/mol. The van der Waals surface area contributed by atoms with Gasteiger partial charge in [-0.1, -0.05) is 12.8 Å². The lowest BCUT2D eigenvalue weighted by Crippen LogP contribution is -2.32. The Morgan fingerprint density at radius 3 is 2.56 bits per heavy atom. The highest BCUT2D eigenvalue weighted by Gasteiger charge is 2.20. The van der Waals surface area contributed by atoms with Gasteiger partial charge in [0.15, 0.2) is 11.5 Å². The van der Waals surface area contributed by atoms with E-state index in [2.05, 4.69) is 10.3 Å². The van der Waals surface area contributed by atoms with Gasteiger partial charge in [0.25, 0.3) is 11.8 Å². The second-order valence-electron chi connectivity index (χ2n) is 6.66. The van der Waals surface area contributed by atoms with Crippen LogP contribution in [0.15, 0.2) is 36.5 Å². The fourth-order valence-corrected chi connectivity index (χ4v) is 3.30. The van der Waals surface area contributed by atoms with Gasteiger partial charge in [0.05, 0.1) is 0 Å². The summed E-state index contributed by atoms with van der Waals surface area (Å²) in [5.41, 5.74) is 1.29. The number of rotatable bonds is 3. The zero-order valence-corrected chi connectivity index (χ0v) is 14.9. The number of nitrogens with one attached hydrogen (secondary N) is 1. The third-order valence-corrected chi connectivity index (χ3v) is 4.76. The number of ether oxygens (including phenoxy) is 2. The van der Waals surface area contributed by atoms with Gasteiger partial charge in [0.1, 0.15) is 5.69 Å². The van der Waals surface area contributed by atoms with E-state index in [4.69, 9.17) is 9.47 Å². The third-order valence-electron chi connectivity index (χ3n) is 4.76. The highest BCUT2D eigenvalue weighted by atomic mass is 16.7. The van der Waals surface area contributed by atoms with Crippen LogP contribution in [-0.4, -0.2) is 41.6 Å². The lowest BCUT2D eigenvalue weighted by atomic mass is 10.2. The normalized spacial score (nSPS) is 15.9. The molecule has 0 aliphatic carbocycles. The summed E-state index contributed by atoms with van der Waals surface area (Å²) in [4.78, 5) is 31.3. The number of anilines is 1. The molecule has 0 radical (unpaired) electrons. The lowest BCUT2D eigenvalue weighted by Gasteiger charge is -2.19. The van der Waals surface area contributed by atoms with Crippen LogP contribution in [-0.2, 0) is 0 Å². The molecule has 2 aromatic rings. The Kier molecular flexibility index (Phi) is 4.91. The fraction of sp³-hybridized carbons (Fsp3) is 0.350. The molecule has 0 atom stereocenters. The topological polar surface area (TPSA) is 80.8 Å². The molecule has 1 fully saturated rings. The van der Waals surface area contributed by atoms with Gasteiger partial charge in [0, 0.05) is 36.6 Å². The number of likely N-dealkylation sites (tertiary alicyclic amines) is 1. The number of hydrogen-bond acceptors (Lipinski definition) is 5. The van der Waals surface area contributed by atoms with E-state index < -0.39 is 0 Å². The lowest BCUT2D eigenvalue weighted by molar-refractivity contribution is 0.0755. The Balaban J connectivity index is 1.48. The van der Waals surface area contributed by atoms with Crippen molar-refractivity contribution in [2.24, 2.45) is 0 Å². The zero-order valence-electron chi connectivity index (χ0n) is 14.9. The van der Waals surface area contributed by atoms with Crippen molar-refractivity contribution in [3.05, 3.63) is 47.8 Å². The molecule has 0 saturated carbocycles. The Labute approximate surface area is 157 Å². The van der Waals surface area contributed by atoms with Crippen LogP contribution in [0.4, 0.5) is 5.69 Å². The SMILES string of the molecule is O=C(Nc1ccc2c(c1)OCO2)c1ccnc(C(=O)N2CCCCCC2)c1. The molecular weight excluding hydrogens is 346 g/mol. The maximum absolute atomic E-state index is 12.7. The summed E-state index contributed by atoms with van der Waals surface area (Å²) in [7, 11) is 0. The number of aromatic nitrogens is 1. The Bertz CT molecular complexity index is 860. The number of amides is 2. The second-order valence-corrected chi connectivity index (χ2v) is 6.66. The van der Waals surface area contributed by atoms with Gasteiger partial charge in [0.2, 0.25) is 6.79 Å². The summed E-state index contributed by atoms with van der Waals surface area (Å²) in [5, 5.41) is 2.82. The third kappa shape index (κ3) is 3.86. The molecule has 4 rings (SSSR count). The summed E-state index contributed by atoms with van der Waals surface area (Å²) in [5.74, 6) is 0.831. The Hall–Kier alpha value is -3.09. The molecule has 1 aromatic heterocycles. The van der Waals surface area contributed by atoms with E-state index in [0.717, 1.165) is 38.8 Å². The first-order chi connectivity index (χ1) is 13.2. The van der Waals surface area contributed by atoms with Crippen molar-refractivity contribution in [2.45, 2.75) is 25.7 Å². The van der Waals surface area contributed by atoms with Crippen molar-refractivity contribution in [1.82, 2.24) is 9.88 Å². The van der Waals surface area contributed by atoms with Crippen LogP contribution in [0.25, 0.3) is 0 Å². The van der Waals surface area contributed by atoms with Crippen molar-refractivity contribution < 1.29 is 19.1 Å². The molecule has 140 valence electrons. The van der Waals surface area contributed by atoms with Crippen molar-refractivity contribution in [3.63, 3.8) is 0 Å². The highest BCUT2D eigenvalue weighted by molar-refractivity contribution is 6.05. The van der Waals surface area contributed by atoms with Crippen molar-refractivity contribution in [2.75, 3.05) is 25.2 Å². The van der Waals surface area contributed by atoms with E-state index in [1.54, 1.807) is 30.3 Å². The molecule has 2 amide bonds. The number of fused-ring (bicyclic) bond motifs is 1. The average Bonchev–Trinajstić information content (AvgIpc) is 2.99. The second kappa shape index (κ2) is 7.65. The first-order valence-electron chi connectivity index (χ1n) is 9.17. The molecule has 0 spiro atoms. The van der Waals surface area contributed by atoms with Crippen LogP contribution in [0.5, 0.6) is 11.5 Å². The quantitative estimate of drug-likeness (QED) is 0.902. The van der Waals surface area contributed by atoms with Crippen LogP contribution < -0.4 is 14.8 Å². The van der Waals surface area contributed by atoms with Crippen molar-refractivity contribution in [1.29, 1.82) is 0 Å². The van der Waals surface area contributed by atoms with Crippen LogP contribution in [0, 0.1) is 0 Å². The number of carbonyl (C=O) groups excluding carboxylic acids is 2. The molecule has 1 saturated heterocycles. The van der Waals surface area contributed by atoms with Gasteiger partial charge >= 0.3 is 0 Å². The molecule has 0 bridgehead atoms. The molecule has 7 nitrogen and oxygen atoms in total. The minimum atomic E-state index is -0.304. The van der Waals surface area contributed by atoms with Crippen LogP contribution in [0.2, 0.25) is 0 Å². The fourth-order valence-electron chi connectivity index (χ4n) is 3.30. The van der Waals surface area contributed by atoms with E-state index in [-0.39, 0.29) is 18.6 Å². The predicted molar refractivity (Wildman–Crippen MR) is 99.1 cm³/mol. The summed E-state index contributed by atoms with van der Waals surface area (Å²) in [6.45, 7) is 1.67. The van der Waals surface area contributed by atoms with Gasteiger partial charge in [-0.3, -0.25) is 14.6 Å². The summed E-state index contributed by atoms with van der Waals surface area (Å²) >= 11 is 0. The van der Waals surface area contributed by atoms with Gasteiger partial charge in [-0.25, -0.2) is 0 Å². The van der Waals surface area contributed by atoms with E-state index in [1.165, 1.54) is 6.20 Å². The standard InChI is InChI=1S/C20H21N3O4/c24-19(22-15-5-6-17-18(12-15)27-13-26-17)14-7-8-21-16(11-14)20(25)23-9-3-1-2-4-10-23/h5-8,11-12H,1-4,9-10,13H2,(H,22,24). The Morgan fingerprint density at radius 1 is 0.963 bits per heavy atom. The summed E-state index contributed by atoms with van der Waals surface area (Å²) < 4.78 is 10.6. The number of nitrogens with zero attached hydrogens (tertiary/aromatic N) is 2. The van der Waals surface area contributed by atoms with Crippen LogP contribution in [0.3, 0.4) is 0 Å². The number of pyridine rings is 1. The molecule has 0 unspecified atom stereocenters. The van der Waals surface area contributed by atoms with E-state index in [9.17, 15) is 9.59 Å². The smallest absolute Gasteiger partial charge is 0.272 e. The Morgan fingerprint density at radius 2 is 1.74 bits per heavy atom. The highest BCUT2D eigenvalue weighted by Crippen LogP contribution is 2.34. The van der Waals surface area contributed by atoms with Gasteiger partial charge in [-0.05, 0) is 37.1 Å². The minimum absolute atomic E-state index is 0.116. The van der Waals surface area contributed by atoms with E-state index in [1.807, 2.05) is 4.90 Å². The predicted octanol–water partition coefficient (Wildman–Crippen LogP) is 3.08. The van der Waals surface area contributed by atoms with Gasteiger partial charge in [-0.2, -0.15) is 0 Å². The molecule has 3 heterocycles. The zero-order chi connectivity index (χ0) is 18.6. The minimum Gasteiger partial charge on any atom is -0.454 e. The molecule has 1 aromatic carbocycles. The molecule has 2 aliphatic heterocycles. The molecular formula is C20H21N3O4. The van der Waals surface area contributed by atoms with Crippen LogP contribution >= 0.6 is 0 Å². The van der Waals surface area contributed by atoms with Gasteiger partial charge < -0.3 is 19.7 Å². The maximum Gasteiger partial charge on any atom is 0.272 e. The van der Waals surface area contributed by atoms with E-state index in [0.29, 0.717) is 28.4 Å². The largest absolute Gasteiger partial charge is 0.454 e. The van der Waals surface area contributed by atoms with Crippen molar-refractivity contribution in [3.8, 4) is 11.5 Å². The van der Waals surface area contributed by atoms with Gasteiger partial charge in [-0.15, -0.1) is 0 Å². The molecule has 1 N–H and O–H groups in total. The van der Waals surface area contributed by atoms with Crippen molar-refractivity contribution >= 4 is 17.5 Å². The first-order valence-corrected chi connectivity index (χ1v) is 9.17.